The second-order valence-electron chi connectivity index (χ2n) is 4.40. The zero-order valence-corrected chi connectivity index (χ0v) is 11.6. The van der Waals surface area contributed by atoms with E-state index in [0.717, 1.165) is 6.42 Å². The highest BCUT2D eigenvalue weighted by atomic mass is 19.4. The topological polar surface area (TPSA) is 64.4 Å². The number of nitrogens with one attached hydrogen (secondary N) is 1. The minimum atomic E-state index is -4.25. The normalized spacial score (nSPS) is 11.2. The summed E-state index contributed by atoms with van der Waals surface area (Å²) in [4.78, 5) is 10.5. The maximum absolute atomic E-state index is 12.0. The molecule has 0 amide bonds. The number of benzene rings is 1. The first-order valence-corrected chi connectivity index (χ1v) is 6.56. The van der Waals surface area contributed by atoms with Gasteiger partial charge in [0, 0.05) is 13.0 Å². The molecule has 118 valence electrons. The molecule has 0 aromatic heterocycles. The summed E-state index contributed by atoms with van der Waals surface area (Å²) in [6.07, 6.45) is -4.69. The molecule has 8 heteroatoms. The maximum atomic E-state index is 12.0. The van der Waals surface area contributed by atoms with Crippen molar-refractivity contribution < 1.29 is 22.8 Å². The van der Waals surface area contributed by atoms with Crippen molar-refractivity contribution in [3.05, 3.63) is 28.3 Å². The Morgan fingerprint density at radius 3 is 2.67 bits per heavy atom. The molecule has 0 aliphatic carbocycles. The third-order valence-corrected chi connectivity index (χ3v) is 2.61. The van der Waals surface area contributed by atoms with E-state index in [-0.39, 0.29) is 24.5 Å². The van der Waals surface area contributed by atoms with Gasteiger partial charge in [-0.15, -0.1) is 0 Å². The van der Waals surface area contributed by atoms with Crippen LogP contribution in [0.25, 0.3) is 0 Å². The number of nitro benzene ring substituents is 1. The summed E-state index contributed by atoms with van der Waals surface area (Å²) in [7, 11) is 0. The zero-order valence-electron chi connectivity index (χ0n) is 11.6. The molecule has 0 bridgehead atoms. The molecule has 0 spiro atoms. The number of nitrogens with zero attached hydrogens (tertiary/aromatic N) is 1. The van der Waals surface area contributed by atoms with Crippen molar-refractivity contribution in [3.8, 4) is 5.75 Å². The van der Waals surface area contributed by atoms with Crippen LogP contribution in [-0.2, 0) is 0 Å². The molecule has 1 rings (SSSR count). The highest BCUT2D eigenvalue weighted by molar-refractivity contribution is 5.68. The van der Waals surface area contributed by atoms with Gasteiger partial charge in [-0.05, 0) is 25.0 Å². The highest BCUT2D eigenvalue weighted by Gasteiger charge is 2.26. The monoisotopic (exact) mass is 306 g/mol. The Kier molecular flexibility index (Phi) is 6.26. The lowest BCUT2D eigenvalue weighted by Crippen LogP contribution is -2.10. The van der Waals surface area contributed by atoms with Crippen LogP contribution >= 0.6 is 0 Å². The Bertz CT molecular complexity index is 478. The highest BCUT2D eigenvalue weighted by Crippen LogP contribution is 2.35. The minimum absolute atomic E-state index is 0.0247. The first kappa shape index (κ1) is 17.1. The average molecular weight is 306 g/mol. The number of anilines is 1. The summed E-state index contributed by atoms with van der Waals surface area (Å²) in [5, 5.41) is 14.0. The molecule has 0 atom stereocenters. The van der Waals surface area contributed by atoms with E-state index in [1.165, 1.54) is 12.1 Å². The molecular formula is C13H17F3N2O3. The molecule has 0 heterocycles. The first-order valence-electron chi connectivity index (χ1n) is 6.56. The van der Waals surface area contributed by atoms with Gasteiger partial charge in [-0.25, -0.2) is 0 Å². The van der Waals surface area contributed by atoms with Gasteiger partial charge >= 0.3 is 11.9 Å². The van der Waals surface area contributed by atoms with Crippen LogP contribution in [0.3, 0.4) is 0 Å². The summed E-state index contributed by atoms with van der Waals surface area (Å²) in [5.41, 5.74) is 0.0492. The van der Waals surface area contributed by atoms with Gasteiger partial charge in [0.1, 0.15) is 5.69 Å². The smallest absolute Gasteiger partial charge is 0.389 e. The van der Waals surface area contributed by atoms with Crippen LogP contribution in [-0.4, -0.2) is 24.3 Å². The van der Waals surface area contributed by atoms with Crippen LogP contribution in [0.5, 0.6) is 5.75 Å². The predicted octanol–water partition coefficient (Wildman–Crippen LogP) is 4.14. The van der Waals surface area contributed by atoms with Gasteiger partial charge in [-0.3, -0.25) is 10.1 Å². The van der Waals surface area contributed by atoms with E-state index in [4.69, 9.17) is 4.74 Å². The van der Waals surface area contributed by atoms with E-state index in [0.29, 0.717) is 12.2 Å². The van der Waals surface area contributed by atoms with E-state index in [9.17, 15) is 23.3 Å². The molecular weight excluding hydrogens is 289 g/mol. The van der Waals surface area contributed by atoms with Crippen molar-refractivity contribution in [2.24, 2.45) is 0 Å². The van der Waals surface area contributed by atoms with Crippen molar-refractivity contribution in [3.63, 3.8) is 0 Å². The van der Waals surface area contributed by atoms with E-state index in [1.807, 2.05) is 6.92 Å². The number of nitro groups is 1. The maximum Gasteiger partial charge on any atom is 0.389 e. The van der Waals surface area contributed by atoms with E-state index >= 15 is 0 Å². The van der Waals surface area contributed by atoms with Crippen molar-refractivity contribution in [1.82, 2.24) is 0 Å². The molecule has 0 saturated carbocycles. The molecule has 5 nitrogen and oxygen atoms in total. The van der Waals surface area contributed by atoms with Crippen molar-refractivity contribution in [2.45, 2.75) is 32.4 Å². The molecule has 1 N–H and O–H groups in total. The van der Waals surface area contributed by atoms with Gasteiger partial charge in [0.2, 0.25) is 0 Å². The molecule has 0 aliphatic heterocycles. The fourth-order valence-electron chi connectivity index (χ4n) is 1.68. The third-order valence-electron chi connectivity index (χ3n) is 2.61. The zero-order chi connectivity index (χ0) is 15.9. The largest absolute Gasteiger partial charge is 0.487 e. The molecule has 0 saturated heterocycles. The number of alkyl halides is 3. The molecule has 1 aromatic rings. The Labute approximate surface area is 120 Å². The first-order chi connectivity index (χ1) is 9.85. The van der Waals surface area contributed by atoms with E-state index < -0.39 is 17.5 Å². The van der Waals surface area contributed by atoms with Crippen molar-refractivity contribution >= 4 is 11.4 Å². The molecule has 1 aromatic carbocycles. The second-order valence-corrected chi connectivity index (χ2v) is 4.40. The fourth-order valence-corrected chi connectivity index (χ4v) is 1.68. The molecule has 0 aliphatic rings. The van der Waals surface area contributed by atoms with Gasteiger partial charge in [-0.1, -0.05) is 13.0 Å². The summed E-state index contributed by atoms with van der Waals surface area (Å²) < 4.78 is 41.2. The van der Waals surface area contributed by atoms with Crippen LogP contribution in [0.15, 0.2) is 18.2 Å². The predicted molar refractivity (Wildman–Crippen MR) is 72.7 cm³/mol. The minimum Gasteiger partial charge on any atom is -0.487 e. The van der Waals surface area contributed by atoms with Gasteiger partial charge in [0.25, 0.3) is 0 Å². The lowest BCUT2D eigenvalue weighted by atomic mass is 10.2. The van der Waals surface area contributed by atoms with Gasteiger partial charge in [0.05, 0.1) is 11.5 Å². The van der Waals surface area contributed by atoms with Crippen LogP contribution in [0.1, 0.15) is 26.2 Å². The quantitative estimate of drug-likeness (QED) is 0.445. The lowest BCUT2D eigenvalue weighted by Gasteiger charge is -2.11. The second kappa shape index (κ2) is 7.70. The van der Waals surface area contributed by atoms with Gasteiger partial charge < -0.3 is 10.1 Å². The number of para-hydroxylation sites is 1. The Balaban J connectivity index is 2.74. The number of rotatable bonds is 8. The lowest BCUT2D eigenvalue weighted by molar-refractivity contribution is -0.385. The molecule has 0 radical (unpaired) electrons. The third kappa shape index (κ3) is 5.88. The molecule has 0 unspecified atom stereocenters. The van der Waals surface area contributed by atoms with Crippen molar-refractivity contribution in [1.29, 1.82) is 0 Å². The van der Waals surface area contributed by atoms with Crippen LogP contribution in [0.2, 0.25) is 0 Å². The molecule has 21 heavy (non-hydrogen) atoms. The van der Waals surface area contributed by atoms with E-state index in [1.54, 1.807) is 6.07 Å². The number of hydrogen-bond donors (Lipinski definition) is 1. The summed E-state index contributed by atoms with van der Waals surface area (Å²) in [6.45, 7) is 2.24. The average Bonchev–Trinajstić information content (AvgIpc) is 2.40. The SMILES string of the molecule is CCCNc1cccc(OCCCC(F)(F)F)c1[N+](=O)[O-]. The standard InChI is InChI=1S/C13H17F3N2O3/c1-2-8-17-10-5-3-6-11(12(10)18(19)20)21-9-4-7-13(14,15)16/h3,5-6,17H,2,4,7-9H2,1H3. The van der Waals surface area contributed by atoms with Crippen LogP contribution < -0.4 is 10.1 Å². The fraction of sp³-hybridized carbons (Fsp3) is 0.538. The van der Waals surface area contributed by atoms with Crippen molar-refractivity contribution in [2.75, 3.05) is 18.5 Å². The summed E-state index contributed by atoms with van der Waals surface area (Å²) in [6, 6.07) is 4.48. The Morgan fingerprint density at radius 1 is 1.38 bits per heavy atom. The van der Waals surface area contributed by atoms with E-state index in [2.05, 4.69) is 5.32 Å². The number of hydrogen-bond acceptors (Lipinski definition) is 4. The Morgan fingerprint density at radius 2 is 2.10 bits per heavy atom. The summed E-state index contributed by atoms with van der Waals surface area (Å²) in [5.74, 6) is -0.0247. The summed E-state index contributed by atoms with van der Waals surface area (Å²) >= 11 is 0. The molecule has 0 fully saturated rings. The number of halogens is 3. The van der Waals surface area contributed by atoms with Gasteiger partial charge in [-0.2, -0.15) is 13.2 Å². The Hall–Kier alpha value is -1.99. The van der Waals surface area contributed by atoms with Crippen LogP contribution in [0.4, 0.5) is 24.5 Å². The number of ether oxygens (including phenoxy) is 1. The van der Waals surface area contributed by atoms with Crippen LogP contribution in [0, 0.1) is 10.1 Å². The van der Waals surface area contributed by atoms with Gasteiger partial charge in [0.15, 0.2) is 5.75 Å².